The molecule has 2 aromatic carbocycles. The fraction of sp³-hybridized carbons (Fsp3) is 0.235. The fourth-order valence-corrected chi connectivity index (χ4v) is 2.66. The van der Waals surface area contributed by atoms with Crippen LogP contribution in [-0.4, -0.2) is 24.3 Å². The number of carbonyl (C=O) groups is 1. The lowest BCUT2D eigenvalue weighted by atomic mass is 10.1. The summed E-state index contributed by atoms with van der Waals surface area (Å²) < 4.78 is 43.5. The number of amides is 1. The molecular formula is C17H15F3N2O3. The Kier molecular flexibility index (Phi) is 4.54. The van der Waals surface area contributed by atoms with E-state index in [1.165, 1.54) is 18.2 Å². The molecule has 0 aliphatic carbocycles. The summed E-state index contributed by atoms with van der Waals surface area (Å²) in [6.45, 7) is 1.33. The molecule has 2 aromatic rings. The molecule has 1 aliphatic rings. The number of nitrogens with zero attached hydrogens (tertiary/aromatic N) is 1. The maximum atomic E-state index is 12.6. The van der Waals surface area contributed by atoms with Gasteiger partial charge in [0.05, 0.1) is 17.8 Å². The first-order chi connectivity index (χ1) is 11.9. The quantitative estimate of drug-likeness (QED) is 0.658. The van der Waals surface area contributed by atoms with Gasteiger partial charge in [-0.2, -0.15) is 13.2 Å². The Bertz CT molecular complexity index is 776. The SMILES string of the molecule is O=C(NO)c1ccc2c(c1)N(Cc1ccc(C(F)(F)F)cc1)CCO2. The number of hydroxylamine groups is 1. The lowest BCUT2D eigenvalue weighted by Gasteiger charge is -2.31. The smallest absolute Gasteiger partial charge is 0.416 e. The average molecular weight is 352 g/mol. The first-order valence-corrected chi connectivity index (χ1v) is 7.51. The zero-order chi connectivity index (χ0) is 18.0. The zero-order valence-corrected chi connectivity index (χ0v) is 13.0. The second-order valence-corrected chi connectivity index (χ2v) is 5.59. The molecule has 1 aliphatic heterocycles. The Labute approximate surface area is 141 Å². The molecule has 0 spiro atoms. The summed E-state index contributed by atoms with van der Waals surface area (Å²) in [5.41, 5.74) is 2.48. The van der Waals surface area contributed by atoms with E-state index in [2.05, 4.69) is 0 Å². The summed E-state index contributed by atoms with van der Waals surface area (Å²) in [7, 11) is 0. The molecule has 1 amide bonds. The fourth-order valence-electron chi connectivity index (χ4n) is 2.66. The third-order valence-electron chi connectivity index (χ3n) is 3.94. The van der Waals surface area contributed by atoms with Gasteiger partial charge in [0.1, 0.15) is 12.4 Å². The maximum Gasteiger partial charge on any atom is 0.416 e. The summed E-state index contributed by atoms with van der Waals surface area (Å²) in [5.74, 6) is -0.0736. The van der Waals surface area contributed by atoms with Crippen LogP contribution < -0.4 is 15.1 Å². The molecule has 0 bridgehead atoms. The van der Waals surface area contributed by atoms with Gasteiger partial charge < -0.3 is 9.64 Å². The predicted molar refractivity (Wildman–Crippen MR) is 83.7 cm³/mol. The van der Waals surface area contributed by atoms with Gasteiger partial charge in [0.2, 0.25) is 0 Å². The Balaban J connectivity index is 1.84. The van der Waals surface area contributed by atoms with Crippen LogP contribution >= 0.6 is 0 Å². The van der Waals surface area contributed by atoms with Gasteiger partial charge in [-0.1, -0.05) is 12.1 Å². The van der Waals surface area contributed by atoms with Crippen LogP contribution in [0.1, 0.15) is 21.5 Å². The van der Waals surface area contributed by atoms with E-state index in [1.54, 1.807) is 17.6 Å². The molecule has 0 saturated carbocycles. The van der Waals surface area contributed by atoms with Gasteiger partial charge in [-0.3, -0.25) is 10.0 Å². The number of benzene rings is 2. The zero-order valence-electron chi connectivity index (χ0n) is 13.0. The first-order valence-electron chi connectivity index (χ1n) is 7.51. The van der Waals surface area contributed by atoms with E-state index in [1.807, 2.05) is 4.90 Å². The minimum absolute atomic E-state index is 0.254. The molecule has 0 aromatic heterocycles. The van der Waals surface area contributed by atoms with E-state index >= 15 is 0 Å². The summed E-state index contributed by atoms with van der Waals surface area (Å²) in [5, 5.41) is 8.75. The highest BCUT2D eigenvalue weighted by Crippen LogP contribution is 2.34. The third-order valence-corrected chi connectivity index (χ3v) is 3.94. The molecule has 2 N–H and O–H groups in total. The van der Waals surface area contributed by atoms with Crippen LogP contribution in [0.25, 0.3) is 0 Å². The van der Waals surface area contributed by atoms with Crippen LogP contribution in [0.5, 0.6) is 5.75 Å². The van der Waals surface area contributed by atoms with Gasteiger partial charge in [0.25, 0.3) is 5.91 Å². The Hall–Kier alpha value is -2.74. The Morgan fingerprint density at radius 3 is 2.56 bits per heavy atom. The van der Waals surface area contributed by atoms with Crippen molar-refractivity contribution >= 4 is 11.6 Å². The van der Waals surface area contributed by atoms with Crippen molar-refractivity contribution in [2.24, 2.45) is 0 Å². The second-order valence-electron chi connectivity index (χ2n) is 5.59. The normalized spacial score (nSPS) is 13.8. The van der Waals surface area contributed by atoms with Crippen molar-refractivity contribution in [3.8, 4) is 5.75 Å². The predicted octanol–water partition coefficient (Wildman–Crippen LogP) is 3.22. The Morgan fingerprint density at radius 1 is 1.20 bits per heavy atom. The third kappa shape index (κ3) is 3.69. The van der Waals surface area contributed by atoms with E-state index in [0.29, 0.717) is 36.7 Å². The topological polar surface area (TPSA) is 61.8 Å². The molecule has 3 rings (SSSR count). The van der Waals surface area contributed by atoms with Crippen LogP contribution in [0, 0.1) is 0 Å². The van der Waals surface area contributed by atoms with Crippen molar-refractivity contribution in [3.63, 3.8) is 0 Å². The minimum Gasteiger partial charge on any atom is -0.490 e. The van der Waals surface area contributed by atoms with Crippen molar-refractivity contribution in [2.75, 3.05) is 18.1 Å². The summed E-state index contributed by atoms with van der Waals surface area (Å²) >= 11 is 0. The van der Waals surface area contributed by atoms with E-state index in [-0.39, 0.29) is 5.56 Å². The number of alkyl halides is 3. The van der Waals surface area contributed by atoms with Crippen LogP contribution in [0.2, 0.25) is 0 Å². The molecule has 1 heterocycles. The van der Waals surface area contributed by atoms with Crippen molar-refractivity contribution in [2.45, 2.75) is 12.7 Å². The first kappa shape index (κ1) is 17.1. The molecule has 132 valence electrons. The number of ether oxygens (including phenoxy) is 1. The lowest BCUT2D eigenvalue weighted by molar-refractivity contribution is -0.137. The number of nitrogens with one attached hydrogen (secondary N) is 1. The molecule has 25 heavy (non-hydrogen) atoms. The number of halogens is 3. The van der Waals surface area contributed by atoms with Gasteiger partial charge in [0.15, 0.2) is 0 Å². The van der Waals surface area contributed by atoms with Crippen molar-refractivity contribution < 1.29 is 27.9 Å². The number of hydrogen-bond acceptors (Lipinski definition) is 4. The van der Waals surface area contributed by atoms with Crippen LogP contribution in [0.3, 0.4) is 0 Å². The van der Waals surface area contributed by atoms with E-state index in [4.69, 9.17) is 9.94 Å². The van der Waals surface area contributed by atoms with Crippen molar-refractivity contribution in [1.82, 2.24) is 5.48 Å². The summed E-state index contributed by atoms with van der Waals surface area (Å²) in [4.78, 5) is 13.5. The number of carbonyl (C=O) groups excluding carboxylic acids is 1. The molecule has 0 unspecified atom stereocenters. The van der Waals surface area contributed by atoms with E-state index in [9.17, 15) is 18.0 Å². The number of rotatable bonds is 3. The highest BCUT2D eigenvalue weighted by molar-refractivity contribution is 5.95. The maximum absolute atomic E-state index is 12.6. The highest BCUT2D eigenvalue weighted by Gasteiger charge is 2.30. The number of anilines is 1. The van der Waals surface area contributed by atoms with Crippen LogP contribution in [0.15, 0.2) is 42.5 Å². The van der Waals surface area contributed by atoms with Crippen molar-refractivity contribution in [3.05, 3.63) is 59.2 Å². The molecule has 0 radical (unpaired) electrons. The van der Waals surface area contributed by atoms with E-state index in [0.717, 1.165) is 12.1 Å². The number of hydrogen-bond donors (Lipinski definition) is 2. The molecule has 0 fully saturated rings. The molecule has 0 saturated heterocycles. The molecule has 8 heteroatoms. The van der Waals surface area contributed by atoms with Crippen LogP contribution in [-0.2, 0) is 12.7 Å². The van der Waals surface area contributed by atoms with Gasteiger partial charge in [-0.05, 0) is 35.9 Å². The van der Waals surface area contributed by atoms with Crippen molar-refractivity contribution in [1.29, 1.82) is 0 Å². The van der Waals surface area contributed by atoms with Gasteiger partial charge in [-0.25, -0.2) is 5.48 Å². The van der Waals surface area contributed by atoms with Crippen LogP contribution in [0.4, 0.5) is 18.9 Å². The lowest BCUT2D eigenvalue weighted by Crippen LogP contribution is -2.32. The van der Waals surface area contributed by atoms with Gasteiger partial charge in [0, 0.05) is 12.1 Å². The summed E-state index contributed by atoms with van der Waals surface area (Å²) in [6.07, 6.45) is -4.36. The average Bonchev–Trinajstić information content (AvgIpc) is 2.60. The monoisotopic (exact) mass is 352 g/mol. The number of fused-ring (bicyclic) bond motifs is 1. The van der Waals surface area contributed by atoms with Gasteiger partial charge in [-0.15, -0.1) is 0 Å². The molecule has 5 nitrogen and oxygen atoms in total. The molecule has 0 atom stereocenters. The van der Waals surface area contributed by atoms with E-state index < -0.39 is 17.6 Å². The van der Waals surface area contributed by atoms with Gasteiger partial charge >= 0.3 is 6.18 Å². The largest absolute Gasteiger partial charge is 0.490 e. The minimum atomic E-state index is -4.36. The standard InChI is InChI=1S/C17H15F3N2O3/c18-17(19,20)13-4-1-11(2-5-13)10-22-7-8-25-15-6-3-12(9-14(15)22)16(23)21-24/h1-6,9,24H,7-8,10H2,(H,21,23). The highest BCUT2D eigenvalue weighted by atomic mass is 19.4. The molecular weight excluding hydrogens is 337 g/mol. The second kappa shape index (κ2) is 6.64. The Morgan fingerprint density at radius 2 is 1.92 bits per heavy atom. The summed E-state index contributed by atoms with van der Waals surface area (Å²) in [6, 6.07) is 9.68.